The lowest BCUT2D eigenvalue weighted by molar-refractivity contribution is -0.134. The van der Waals surface area contributed by atoms with Gasteiger partial charge in [0.25, 0.3) is 0 Å². The second-order valence-corrected chi connectivity index (χ2v) is 9.12. The second kappa shape index (κ2) is 9.34. The van der Waals surface area contributed by atoms with Crippen LogP contribution in [0.2, 0.25) is 0 Å². The topological polar surface area (TPSA) is 41.4 Å². The Morgan fingerprint density at radius 1 is 1.00 bits per heavy atom. The van der Waals surface area contributed by atoms with E-state index in [4.69, 9.17) is 5.10 Å². The van der Waals surface area contributed by atoms with Crippen molar-refractivity contribution >= 4 is 5.91 Å². The van der Waals surface area contributed by atoms with Crippen molar-refractivity contribution in [2.45, 2.75) is 71.8 Å². The molecule has 0 radical (unpaired) electrons. The predicted octanol–water partition coefficient (Wildman–Crippen LogP) is 4.21. The zero-order valence-electron chi connectivity index (χ0n) is 18.9. The summed E-state index contributed by atoms with van der Waals surface area (Å²) in [7, 11) is 0. The molecule has 0 spiro atoms. The Morgan fingerprint density at radius 3 is 2.50 bits per heavy atom. The number of carbonyl (C=O) groups excluding carboxylic acids is 1. The monoisotopic (exact) mass is 408 g/mol. The Balaban J connectivity index is 1.50. The van der Waals surface area contributed by atoms with E-state index in [1.165, 1.54) is 44.3 Å². The average Bonchev–Trinajstić information content (AvgIpc) is 3.03. The lowest BCUT2D eigenvalue weighted by atomic mass is 9.99. The van der Waals surface area contributed by atoms with Gasteiger partial charge in [0.1, 0.15) is 0 Å². The van der Waals surface area contributed by atoms with Crippen LogP contribution in [0.3, 0.4) is 0 Å². The van der Waals surface area contributed by atoms with Crippen LogP contribution in [-0.4, -0.2) is 57.7 Å². The van der Waals surface area contributed by atoms with Gasteiger partial charge in [-0.25, -0.2) is 4.68 Å². The number of likely N-dealkylation sites (tertiary alicyclic amines) is 2. The molecule has 1 aromatic carbocycles. The van der Waals surface area contributed by atoms with E-state index < -0.39 is 0 Å². The van der Waals surface area contributed by atoms with E-state index in [-0.39, 0.29) is 5.91 Å². The van der Waals surface area contributed by atoms with Gasteiger partial charge in [0.15, 0.2) is 0 Å². The van der Waals surface area contributed by atoms with E-state index >= 15 is 0 Å². The third-order valence-electron chi connectivity index (χ3n) is 6.98. The van der Waals surface area contributed by atoms with Gasteiger partial charge in [0, 0.05) is 30.4 Å². The first-order valence-electron chi connectivity index (χ1n) is 11.7. The molecule has 2 aromatic rings. The standard InChI is InChI=1S/C25H36N4O/c1-19-11-5-6-13-24(19)29-21(3)23(20(2)26-29)17-25(30)28-16-10-7-12-22(28)18-27-14-8-4-9-15-27/h5-6,11,13,22H,4,7-10,12,14-18H2,1-3H3/t22-/m0/s1. The predicted molar refractivity (Wildman–Crippen MR) is 121 cm³/mol. The highest BCUT2D eigenvalue weighted by Gasteiger charge is 2.29. The molecule has 0 unspecified atom stereocenters. The SMILES string of the molecule is Cc1ccccc1-n1nc(C)c(CC(=O)N2CCCC[C@H]2CN2CCCCC2)c1C. The van der Waals surface area contributed by atoms with Gasteiger partial charge < -0.3 is 9.80 Å². The van der Waals surface area contributed by atoms with Gasteiger partial charge in [-0.05, 0) is 77.6 Å². The first kappa shape index (κ1) is 21.1. The highest BCUT2D eigenvalue weighted by Crippen LogP contribution is 2.24. The molecule has 0 aliphatic carbocycles. The van der Waals surface area contributed by atoms with E-state index in [0.717, 1.165) is 48.6 Å². The van der Waals surface area contributed by atoms with Crippen molar-refractivity contribution in [1.82, 2.24) is 19.6 Å². The number of aromatic nitrogens is 2. The van der Waals surface area contributed by atoms with Gasteiger partial charge in [0.2, 0.25) is 5.91 Å². The van der Waals surface area contributed by atoms with Gasteiger partial charge >= 0.3 is 0 Å². The van der Waals surface area contributed by atoms with E-state index in [0.29, 0.717) is 12.5 Å². The molecule has 1 amide bonds. The van der Waals surface area contributed by atoms with Crippen molar-refractivity contribution in [3.05, 3.63) is 46.8 Å². The summed E-state index contributed by atoms with van der Waals surface area (Å²) in [5.41, 5.74) is 5.43. The number of carbonyl (C=O) groups is 1. The van der Waals surface area contributed by atoms with Crippen LogP contribution < -0.4 is 0 Å². The van der Waals surface area contributed by atoms with Crippen molar-refractivity contribution in [3.8, 4) is 5.69 Å². The Kier molecular flexibility index (Phi) is 6.57. The van der Waals surface area contributed by atoms with Crippen LogP contribution in [0, 0.1) is 20.8 Å². The number of rotatable bonds is 5. The van der Waals surface area contributed by atoms with E-state index in [9.17, 15) is 4.79 Å². The van der Waals surface area contributed by atoms with E-state index in [2.05, 4.69) is 35.8 Å². The van der Waals surface area contributed by atoms with Gasteiger partial charge in [-0.1, -0.05) is 24.6 Å². The molecule has 1 atom stereocenters. The molecule has 3 heterocycles. The number of piperidine rings is 2. The van der Waals surface area contributed by atoms with Crippen LogP contribution >= 0.6 is 0 Å². The van der Waals surface area contributed by atoms with Gasteiger partial charge in [-0.3, -0.25) is 4.79 Å². The minimum atomic E-state index is 0.271. The number of aryl methyl sites for hydroxylation is 2. The first-order valence-corrected chi connectivity index (χ1v) is 11.7. The van der Waals surface area contributed by atoms with Gasteiger partial charge in [-0.2, -0.15) is 5.10 Å². The number of amides is 1. The Labute approximate surface area is 181 Å². The maximum atomic E-state index is 13.4. The zero-order valence-corrected chi connectivity index (χ0v) is 18.9. The molecule has 5 heteroatoms. The third kappa shape index (κ3) is 4.46. The molecule has 2 fully saturated rings. The highest BCUT2D eigenvalue weighted by molar-refractivity contribution is 5.80. The molecule has 0 saturated carbocycles. The molecule has 1 aromatic heterocycles. The summed E-state index contributed by atoms with van der Waals surface area (Å²) < 4.78 is 2.01. The lowest BCUT2D eigenvalue weighted by Crippen LogP contribution is -2.50. The van der Waals surface area contributed by atoms with Crippen molar-refractivity contribution in [2.24, 2.45) is 0 Å². The van der Waals surface area contributed by atoms with Gasteiger partial charge in [0.05, 0.1) is 17.8 Å². The molecule has 162 valence electrons. The van der Waals surface area contributed by atoms with Gasteiger partial charge in [-0.15, -0.1) is 0 Å². The van der Waals surface area contributed by atoms with Crippen LogP contribution in [-0.2, 0) is 11.2 Å². The summed E-state index contributed by atoms with van der Waals surface area (Å²) in [4.78, 5) is 18.2. The van der Waals surface area contributed by atoms with Crippen molar-refractivity contribution in [1.29, 1.82) is 0 Å². The number of hydrogen-bond acceptors (Lipinski definition) is 3. The summed E-state index contributed by atoms with van der Waals surface area (Å²) in [5.74, 6) is 0.271. The molecule has 30 heavy (non-hydrogen) atoms. The molecule has 4 rings (SSSR count). The normalized spacial score (nSPS) is 20.5. The Bertz CT molecular complexity index is 881. The van der Waals surface area contributed by atoms with Crippen LogP contribution in [0.25, 0.3) is 5.69 Å². The number of hydrogen-bond donors (Lipinski definition) is 0. The summed E-state index contributed by atoms with van der Waals surface area (Å²) in [5, 5.41) is 4.79. The minimum absolute atomic E-state index is 0.271. The zero-order chi connectivity index (χ0) is 21.1. The first-order chi connectivity index (χ1) is 14.5. The molecule has 0 N–H and O–H groups in total. The third-order valence-corrected chi connectivity index (χ3v) is 6.98. The van der Waals surface area contributed by atoms with Crippen molar-refractivity contribution in [2.75, 3.05) is 26.2 Å². The van der Waals surface area contributed by atoms with Crippen molar-refractivity contribution < 1.29 is 4.79 Å². The number of para-hydroxylation sites is 1. The molecule has 2 aliphatic rings. The van der Waals surface area contributed by atoms with Crippen LogP contribution in [0.1, 0.15) is 61.0 Å². The molecule has 2 aliphatic heterocycles. The minimum Gasteiger partial charge on any atom is -0.338 e. The Morgan fingerprint density at radius 2 is 1.73 bits per heavy atom. The molecular formula is C25H36N4O. The highest BCUT2D eigenvalue weighted by atomic mass is 16.2. The summed E-state index contributed by atoms with van der Waals surface area (Å²) in [6, 6.07) is 8.67. The summed E-state index contributed by atoms with van der Waals surface area (Å²) in [6.07, 6.45) is 7.93. The maximum absolute atomic E-state index is 13.4. The molecule has 2 saturated heterocycles. The van der Waals surface area contributed by atoms with Crippen LogP contribution in [0.5, 0.6) is 0 Å². The van der Waals surface area contributed by atoms with Crippen LogP contribution in [0.4, 0.5) is 0 Å². The molecule has 5 nitrogen and oxygen atoms in total. The maximum Gasteiger partial charge on any atom is 0.227 e. The lowest BCUT2D eigenvalue weighted by Gasteiger charge is -2.40. The quantitative estimate of drug-likeness (QED) is 0.744. The fourth-order valence-corrected chi connectivity index (χ4v) is 5.18. The fourth-order valence-electron chi connectivity index (χ4n) is 5.18. The Hall–Kier alpha value is -2.14. The fraction of sp³-hybridized carbons (Fsp3) is 0.600. The largest absolute Gasteiger partial charge is 0.338 e. The summed E-state index contributed by atoms with van der Waals surface area (Å²) >= 11 is 0. The second-order valence-electron chi connectivity index (χ2n) is 9.12. The molecular weight excluding hydrogens is 372 g/mol. The van der Waals surface area contributed by atoms with E-state index in [1.54, 1.807) is 0 Å². The van der Waals surface area contributed by atoms with E-state index in [1.807, 2.05) is 23.7 Å². The number of nitrogens with zero attached hydrogens (tertiary/aromatic N) is 4. The number of benzene rings is 1. The smallest absolute Gasteiger partial charge is 0.227 e. The van der Waals surface area contributed by atoms with Crippen molar-refractivity contribution in [3.63, 3.8) is 0 Å². The summed E-state index contributed by atoms with van der Waals surface area (Å²) in [6.45, 7) is 10.6. The van der Waals surface area contributed by atoms with Crippen LogP contribution in [0.15, 0.2) is 24.3 Å². The average molecular weight is 409 g/mol. The molecule has 0 bridgehead atoms.